The number of likely N-dealkylation sites (tertiary alicyclic amines) is 1. The van der Waals surface area contributed by atoms with Gasteiger partial charge < -0.3 is 14.4 Å². The third-order valence-corrected chi connectivity index (χ3v) is 5.03. The topological polar surface area (TPSA) is 38.8 Å². The van der Waals surface area contributed by atoms with E-state index in [1.54, 1.807) is 13.2 Å². The van der Waals surface area contributed by atoms with Gasteiger partial charge in [0.1, 0.15) is 17.3 Å². The van der Waals surface area contributed by atoms with Crippen LogP contribution in [0.3, 0.4) is 0 Å². The second kappa shape index (κ2) is 9.40. The summed E-state index contributed by atoms with van der Waals surface area (Å²) in [6.45, 7) is 1.59. The first-order chi connectivity index (χ1) is 13.1. The molecule has 2 aromatic carbocycles. The number of benzene rings is 2. The van der Waals surface area contributed by atoms with Gasteiger partial charge in [-0.3, -0.25) is 4.79 Å². The molecule has 144 valence electrons. The Labute approximate surface area is 159 Å². The van der Waals surface area contributed by atoms with Crippen LogP contribution in [0.4, 0.5) is 4.39 Å². The van der Waals surface area contributed by atoms with Crippen molar-refractivity contribution in [2.75, 3.05) is 26.8 Å². The van der Waals surface area contributed by atoms with Crippen LogP contribution in [0.15, 0.2) is 48.5 Å². The molecule has 1 heterocycles. The van der Waals surface area contributed by atoms with Crippen LogP contribution in [0.1, 0.15) is 24.8 Å². The highest BCUT2D eigenvalue weighted by atomic mass is 19.1. The third kappa shape index (κ3) is 5.71. The lowest BCUT2D eigenvalue weighted by Gasteiger charge is -2.32. The Morgan fingerprint density at radius 1 is 1.19 bits per heavy atom. The van der Waals surface area contributed by atoms with Crippen molar-refractivity contribution in [1.82, 2.24) is 4.90 Å². The van der Waals surface area contributed by atoms with Gasteiger partial charge in [-0.15, -0.1) is 0 Å². The number of carbonyl (C=O) groups is 1. The molecule has 4 nitrogen and oxygen atoms in total. The summed E-state index contributed by atoms with van der Waals surface area (Å²) >= 11 is 0. The molecule has 1 saturated heterocycles. The molecule has 0 bridgehead atoms. The van der Waals surface area contributed by atoms with E-state index in [-0.39, 0.29) is 18.3 Å². The van der Waals surface area contributed by atoms with Gasteiger partial charge in [-0.05, 0) is 61.4 Å². The SMILES string of the molecule is COc1cccc(OCC(=O)N2CCC[C@@H](CCc3ccc(F)cc3)C2)c1. The summed E-state index contributed by atoms with van der Waals surface area (Å²) in [4.78, 5) is 14.4. The summed E-state index contributed by atoms with van der Waals surface area (Å²) in [6.07, 6.45) is 4.06. The second-order valence-corrected chi connectivity index (χ2v) is 6.98. The molecule has 1 atom stereocenters. The predicted molar refractivity (Wildman–Crippen MR) is 103 cm³/mol. The second-order valence-electron chi connectivity index (χ2n) is 6.98. The van der Waals surface area contributed by atoms with Crippen molar-refractivity contribution in [3.8, 4) is 11.5 Å². The summed E-state index contributed by atoms with van der Waals surface area (Å²) in [5.41, 5.74) is 1.14. The van der Waals surface area contributed by atoms with E-state index in [0.717, 1.165) is 44.3 Å². The van der Waals surface area contributed by atoms with Gasteiger partial charge in [0, 0.05) is 19.2 Å². The van der Waals surface area contributed by atoms with E-state index in [2.05, 4.69) is 0 Å². The van der Waals surface area contributed by atoms with Gasteiger partial charge in [-0.25, -0.2) is 4.39 Å². The summed E-state index contributed by atoms with van der Waals surface area (Å²) in [5, 5.41) is 0. The highest BCUT2D eigenvalue weighted by molar-refractivity contribution is 5.77. The highest BCUT2D eigenvalue weighted by Crippen LogP contribution is 2.23. The van der Waals surface area contributed by atoms with Crippen LogP contribution in [0, 0.1) is 11.7 Å². The van der Waals surface area contributed by atoms with Crippen LogP contribution in [0.2, 0.25) is 0 Å². The Morgan fingerprint density at radius 3 is 2.74 bits per heavy atom. The zero-order valence-electron chi connectivity index (χ0n) is 15.7. The quantitative estimate of drug-likeness (QED) is 0.736. The molecule has 0 N–H and O–H groups in total. The Kier molecular flexibility index (Phi) is 6.69. The molecule has 1 aliphatic heterocycles. The van der Waals surface area contributed by atoms with Gasteiger partial charge in [-0.2, -0.15) is 0 Å². The number of ether oxygens (including phenoxy) is 2. The Hall–Kier alpha value is -2.56. The number of carbonyl (C=O) groups excluding carboxylic acids is 1. The number of halogens is 1. The fraction of sp³-hybridized carbons (Fsp3) is 0.409. The zero-order chi connectivity index (χ0) is 19.1. The molecular weight excluding hydrogens is 345 g/mol. The van der Waals surface area contributed by atoms with Crippen molar-refractivity contribution in [2.45, 2.75) is 25.7 Å². The number of piperidine rings is 1. The summed E-state index contributed by atoms with van der Waals surface area (Å²) in [6, 6.07) is 13.9. The van der Waals surface area contributed by atoms with Gasteiger partial charge in [-0.1, -0.05) is 18.2 Å². The molecule has 1 aliphatic rings. The van der Waals surface area contributed by atoms with E-state index in [1.165, 1.54) is 12.1 Å². The number of nitrogens with zero attached hydrogens (tertiary/aromatic N) is 1. The predicted octanol–water partition coefficient (Wildman–Crippen LogP) is 4.08. The molecular formula is C22H26FNO3. The third-order valence-electron chi connectivity index (χ3n) is 5.03. The first-order valence-corrected chi connectivity index (χ1v) is 9.43. The van der Waals surface area contributed by atoms with Crippen LogP contribution < -0.4 is 9.47 Å². The highest BCUT2D eigenvalue weighted by Gasteiger charge is 2.23. The van der Waals surface area contributed by atoms with E-state index in [0.29, 0.717) is 17.4 Å². The monoisotopic (exact) mass is 371 g/mol. The molecule has 3 rings (SSSR count). The van der Waals surface area contributed by atoms with Crippen LogP contribution in [0.5, 0.6) is 11.5 Å². The molecule has 0 radical (unpaired) electrons. The van der Waals surface area contributed by atoms with E-state index >= 15 is 0 Å². The average Bonchev–Trinajstić information content (AvgIpc) is 2.72. The molecule has 0 saturated carbocycles. The average molecular weight is 371 g/mol. The standard InChI is InChI=1S/C22H26FNO3/c1-26-20-5-2-6-21(14-20)27-16-22(25)24-13-3-4-18(15-24)8-7-17-9-11-19(23)12-10-17/h2,5-6,9-12,14,18H,3-4,7-8,13,15-16H2,1H3/t18-/m0/s1. The van der Waals surface area contributed by atoms with Crippen LogP contribution >= 0.6 is 0 Å². The minimum absolute atomic E-state index is 0.0179. The lowest BCUT2D eigenvalue weighted by molar-refractivity contribution is -0.135. The Balaban J connectivity index is 1.46. The molecule has 0 aliphatic carbocycles. The van der Waals surface area contributed by atoms with Crippen LogP contribution in [-0.2, 0) is 11.2 Å². The molecule has 1 amide bonds. The van der Waals surface area contributed by atoms with Gasteiger partial charge in [0.2, 0.25) is 0 Å². The molecule has 0 aromatic heterocycles. The molecule has 27 heavy (non-hydrogen) atoms. The largest absolute Gasteiger partial charge is 0.497 e. The smallest absolute Gasteiger partial charge is 0.260 e. The number of amides is 1. The summed E-state index contributed by atoms with van der Waals surface area (Å²) in [7, 11) is 1.60. The minimum atomic E-state index is -0.204. The van der Waals surface area contributed by atoms with Gasteiger partial charge >= 0.3 is 0 Å². The van der Waals surface area contributed by atoms with E-state index in [9.17, 15) is 9.18 Å². The van der Waals surface area contributed by atoms with Crippen molar-refractivity contribution < 1.29 is 18.7 Å². The maximum atomic E-state index is 13.0. The first kappa shape index (κ1) is 19.2. The number of aryl methyl sites for hydroxylation is 1. The van der Waals surface area contributed by atoms with Crippen molar-refractivity contribution >= 4 is 5.91 Å². The minimum Gasteiger partial charge on any atom is -0.497 e. The maximum Gasteiger partial charge on any atom is 0.260 e. The number of hydrogen-bond donors (Lipinski definition) is 0. The van der Waals surface area contributed by atoms with Crippen LogP contribution in [0.25, 0.3) is 0 Å². The fourth-order valence-corrected chi connectivity index (χ4v) is 3.48. The summed E-state index contributed by atoms with van der Waals surface area (Å²) in [5.74, 6) is 1.63. The normalized spacial score (nSPS) is 16.8. The van der Waals surface area contributed by atoms with Crippen molar-refractivity contribution in [3.63, 3.8) is 0 Å². The van der Waals surface area contributed by atoms with Gasteiger partial charge in [0.25, 0.3) is 5.91 Å². The number of methoxy groups -OCH3 is 1. The first-order valence-electron chi connectivity index (χ1n) is 9.43. The van der Waals surface area contributed by atoms with Gasteiger partial charge in [0.15, 0.2) is 6.61 Å². The molecule has 2 aromatic rings. The number of rotatable bonds is 7. The van der Waals surface area contributed by atoms with E-state index in [4.69, 9.17) is 9.47 Å². The van der Waals surface area contributed by atoms with E-state index in [1.807, 2.05) is 35.2 Å². The zero-order valence-corrected chi connectivity index (χ0v) is 15.7. The van der Waals surface area contributed by atoms with E-state index < -0.39 is 0 Å². The Morgan fingerprint density at radius 2 is 1.96 bits per heavy atom. The summed E-state index contributed by atoms with van der Waals surface area (Å²) < 4.78 is 23.8. The number of hydrogen-bond acceptors (Lipinski definition) is 3. The molecule has 0 spiro atoms. The fourth-order valence-electron chi connectivity index (χ4n) is 3.48. The lowest BCUT2D eigenvalue weighted by atomic mass is 9.91. The van der Waals surface area contributed by atoms with Crippen molar-refractivity contribution in [3.05, 3.63) is 59.9 Å². The lowest BCUT2D eigenvalue weighted by Crippen LogP contribution is -2.42. The van der Waals surface area contributed by atoms with Crippen molar-refractivity contribution in [1.29, 1.82) is 0 Å². The van der Waals surface area contributed by atoms with Crippen LogP contribution in [-0.4, -0.2) is 37.6 Å². The van der Waals surface area contributed by atoms with Gasteiger partial charge in [0.05, 0.1) is 7.11 Å². The molecule has 1 fully saturated rings. The molecule has 0 unspecified atom stereocenters. The van der Waals surface area contributed by atoms with Crippen molar-refractivity contribution in [2.24, 2.45) is 5.92 Å². The Bertz CT molecular complexity index is 747. The maximum absolute atomic E-state index is 13.0. The molecule has 5 heteroatoms.